The van der Waals surface area contributed by atoms with Crippen LogP contribution in [0, 0.1) is 5.92 Å². The summed E-state index contributed by atoms with van der Waals surface area (Å²) < 4.78 is 4.88. The number of rotatable bonds is 5. The number of amides is 1. The number of halogens is 4. The van der Waals surface area contributed by atoms with Gasteiger partial charge in [-0.05, 0) is 72.8 Å². The van der Waals surface area contributed by atoms with Crippen LogP contribution in [-0.2, 0) is 4.74 Å². The molecule has 2 aliphatic rings. The van der Waals surface area contributed by atoms with Crippen molar-refractivity contribution >= 4 is 56.6 Å². The Kier molecular flexibility index (Phi) is 7.73. The summed E-state index contributed by atoms with van der Waals surface area (Å²) in [7, 11) is 0. The molecule has 0 saturated carbocycles. The van der Waals surface area contributed by atoms with Gasteiger partial charge in [0.1, 0.15) is 0 Å². The quantitative estimate of drug-likeness (QED) is 0.451. The van der Waals surface area contributed by atoms with Crippen molar-refractivity contribution in [1.29, 1.82) is 0 Å². The summed E-state index contributed by atoms with van der Waals surface area (Å²) in [5, 5.41) is 2.73. The molecular weight excluding hydrogens is 474 g/mol. The van der Waals surface area contributed by atoms with E-state index in [1.807, 2.05) is 6.07 Å². The third-order valence-corrected chi connectivity index (χ3v) is 6.67. The van der Waals surface area contributed by atoms with Gasteiger partial charge in [0.25, 0.3) is 5.91 Å². The van der Waals surface area contributed by atoms with Crippen molar-refractivity contribution in [2.75, 3.05) is 19.7 Å². The van der Waals surface area contributed by atoms with E-state index in [-0.39, 0.29) is 5.91 Å². The van der Waals surface area contributed by atoms with Gasteiger partial charge in [0.2, 0.25) is 3.79 Å². The summed E-state index contributed by atoms with van der Waals surface area (Å²) in [6.07, 6.45) is 4.96. The van der Waals surface area contributed by atoms with E-state index < -0.39 is 10.0 Å². The summed E-state index contributed by atoms with van der Waals surface area (Å²) in [5.74, 6) is 0.0519. The third kappa shape index (κ3) is 5.74. The lowest BCUT2D eigenvalue weighted by molar-refractivity contribution is -0.0325. The standard InChI is InChI=1S/C19H24BrCl3N2O2/c20-15-8-2-1-7-14(15)17(26)24-18(19(21,22)23)27-12-13-6-5-11-25-10-4-3-9-16(13)25/h1-2,7-8,13,16,18H,3-6,9-12H2,(H,24,26)/t13-,16+,18+/m0/s1. The Bertz CT molecular complexity index is 654. The smallest absolute Gasteiger partial charge is 0.254 e. The average Bonchev–Trinajstić information content (AvgIpc) is 2.64. The van der Waals surface area contributed by atoms with Gasteiger partial charge < -0.3 is 15.0 Å². The molecule has 4 nitrogen and oxygen atoms in total. The van der Waals surface area contributed by atoms with E-state index >= 15 is 0 Å². The van der Waals surface area contributed by atoms with Gasteiger partial charge in [-0.2, -0.15) is 0 Å². The Hall–Kier alpha value is -0.0400. The SMILES string of the molecule is O=C(N[C@H](OC[C@@H]1CCCN2CCCC[C@H]12)C(Cl)(Cl)Cl)c1ccccc1Br. The highest BCUT2D eigenvalue weighted by Gasteiger charge is 2.38. The lowest BCUT2D eigenvalue weighted by atomic mass is 9.84. The van der Waals surface area contributed by atoms with Crippen molar-refractivity contribution in [1.82, 2.24) is 10.2 Å². The lowest BCUT2D eigenvalue weighted by Crippen LogP contribution is -2.51. The van der Waals surface area contributed by atoms with Crippen LogP contribution in [0.3, 0.4) is 0 Å². The van der Waals surface area contributed by atoms with Crippen LogP contribution >= 0.6 is 50.7 Å². The summed E-state index contributed by atoms with van der Waals surface area (Å²) in [5.41, 5.74) is 0.469. The molecule has 27 heavy (non-hydrogen) atoms. The van der Waals surface area contributed by atoms with E-state index in [2.05, 4.69) is 26.1 Å². The highest BCUT2D eigenvalue weighted by atomic mass is 79.9. The van der Waals surface area contributed by atoms with Gasteiger partial charge in [0.05, 0.1) is 12.2 Å². The number of ether oxygens (including phenoxy) is 1. The molecule has 2 aliphatic heterocycles. The van der Waals surface area contributed by atoms with Crippen LogP contribution in [0.25, 0.3) is 0 Å². The molecule has 0 bridgehead atoms. The van der Waals surface area contributed by atoms with Crippen LogP contribution in [0.15, 0.2) is 28.7 Å². The van der Waals surface area contributed by atoms with Crippen molar-refractivity contribution in [2.24, 2.45) is 5.92 Å². The fourth-order valence-corrected chi connectivity index (χ4v) is 4.87. The van der Waals surface area contributed by atoms with E-state index in [1.54, 1.807) is 18.2 Å². The molecule has 0 spiro atoms. The summed E-state index contributed by atoms with van der Waals surface area (Å²) >= 11 is 21.7. The molecule has 1 N–H and O–H groups in total. The molecule has 8 heteroatoms. The fraction of sp³-hybridized carbons (Fsp3) is 0.632. The van der Waals surface area contributed by atoms with Crippen LogP contribution in [0.4, 0.5) is 0 Å². The first-order chi connectivity index (χ1) is 12.9. The van der Waals surface area contributed by atoms with E-state index in [0.29, 0.717) is 28.6 Å². The zero-order valence-corrected chi connectivity index (χ0v) is 18.8. The van der Waals surface area contributed by atoms with Gasteiger partial charge in [-0.1, -0.05) is 53.4 Å². The number of nitrogens with one attached hydrogen (secondary N) is 1. The van der Waals surface area contributed by atoms with Crippen molar-refractivity contribution < 1.29 is 9.53 Å². The molecule has 2 saturated heterocycles. The predicted octanol–water partition coefficient (Wildman–Crippen LogP) is 5.16. The second kappa shape index (κ2) is 9.64. The molecule has 2 heterocycles. The van der Waals surface area contributed by atoms with E-state index in [4.69, 9.17) is 39.5 Å². The maximum atomic E-state index is 12.6. The first-order valence-corrected chi connectivity index (χ1v) is 11.3. The Morgan fingerprint density at radius 2 is 1.96 bits per heavy atom. The zero-order valence-electron chi connectivity index (χ0n) is 15.0. The zero-order chi connectivity index (χ0) is 19.4. The van der Waals surface area contributed by atoms with Crippen LogP contribution in [0.2, 0.25) is 0 Å². The molecule has 0 aliphatic carbocycles. The molecule has 0 aromatic heterocycles. The molecule has 3 rings (SSSR count). The molecule has 1 amide bonds. The first-order valence-electron chi connectivity index (χ1n) is 9.34. The molecule has 0 radical (unpaired) electrons. The van der Waals surface area contributed by atoms with Crippen LogP contribution in [0.1, 0.15) is 42.5 Å². The monoisotopic (exact) mass is 496 g/mol. The number of carbonyl (C=O) groups excluding carboxylic acids is 1. The number of carbonyl (C=O) groups is 1. The molecule has 150 valence electrons. The number of hydrogen-bond donors (Lipinski definition) is 1. The van der Waals surface area contributed by atoms with Crippen molar-refractivity contribution in [3.8, 4) is 0 Å². The summed E-state index contributed by atoms with van der Waals surface area (Å²) in [6.45, 7) is 2.79. The minimum Gasteiger partial charge on any atom is -0.354 e. The van der Waals surface area contributed by atoms with E-state index in [9.17, 15) is 4.79 Å². The third-order valence-electron chi connectivity index (χ3n) is 5.38. The molecule has 1 aromatic rings. The Morgan fingerprint density at radius 1 is 1.22 bits per heavy atom. The van der Waals surface area contributed by atoms with Gasteiger partial charge >= 0.3 is 0 Å². The summed E-state index contributed by atoms with van der Waals surface area (Å²) in [6, 6.07) is 7.64. The Labute approximate surface area is 184 Å². The normalized spacial score (nSPS) is 24.9. The molecule has 1 aromatic carbocycles. The first kappa shape index (κ1) is 21.7. The highest BCUT2D eigenvalue weighted by Crippen LogP contribution is 2.34. The number of fused-ring (bicyclic) bond motifs is 1. The van der Waals surface area contributed by atoms with Crippen molar-refractivity contribution in [3.63, 3.8) is 0 Å². The molecule has 0 unspecified atom stereocenters. The van der Waals surface area contributed by atoms with Gasteiger partial charge in [0.15, 0.2) is 6.23 Å². The maximum Gasteiger partial charge on any atom is 0.254 e. The molecule has 3 atom stereocenters. The Morgan fingerprint density at radius 3 is 2.70 bits per heavy atom. The van der Waals surface area contributed by atoms with Crippen molar-refractivity contribution in [2.45, 2.75) is 48.2 Å². The van der Waals surface area contributed by atoms with E-state index in [1.165, 1.54) is 19.3 Å². The topological polar surface area (TPSA) is 41.6 Å². The molecular formula is C19H24BrCl3N2O2. The van der Waals surface area contributed by atoms with Crippen LogP contribution < -0.4 is 5.32 Å². The second-order valence-electron chi connectivity index (χ2n) is 7.21. The van der Waals surface area contributed by atoms with Gasteiger partial charge in [0, 0.05) is 10.5 Å². The minimum absolute atomic E-state index is 0.346. The minimum atomic E-state index is -1.75. The van der Waals surface area contributed by atoms with Crippen molar-refractivity contribution in [3.05, 3.63) is 34.3 Å². The number of hydrogen-bond acceptors (Lipinski definition) is 3. The summed E-state index contributed by atoms with van der Waals surface area (Å²) in [4.78, 5) is 15.2. The number of alkyl halides is 3. The van der Waals surface area contributed by atoms with Crippen LogP contribution in [0.5, 0.6) is 0 Å². The van der Waals surface area contributed by atoms with Gasteiger partial charge in [-0.25, -0.2) is 0 Å². The second-order valence-corrected chi connectivity index (χ2v) is 10.4. The van der Waals surface area contributed by atoms with Gasteiger partial charge in [-0.15, -0.1) is 0 Å². The van der Waals surface area contributed by atoms with Crippen LogP contribution in [-0.4, -0.2) is 46.6 Å². The highest BCUT2D eigenvalue weighted by molar-refractivity contribution is 9.10. The predicted molar refractivity (Wildman–Crippen MR) is 114 cm³/mol. The lowest BCUT2D eigenvalue weighted by Gasteiger charge is -2.44. The largest absolute Gasteiger partial charge is 0.354 e. The number of piperidine rings is 2. The molecule has 2 fully saturated rings. The van der Waals surface area contributed by atoms with Gasteiger partial charge in [-0.3, -0.25) is 4.79 Å². The number of benzene rings is 1. The van der Waals surface area contributed by atoms with E-state index in [0.717, 1.165) is 25.9 Å². The maximum absolute atomic E-state index is 12.6. The average molecular weight is 499 g/mol. The fourth-order valence-electron chi connectivity index (χ4n) is 4.05. The number of nitrogens with zero attached hydrogens (tertiary/aromatic N) is 1. The Balaban J connectivity index is 1.63.